The fourth-order valence-electron chi connectivity index (χ4n) is 2.37. The summed E-state index contributed by atoms with van der Waals surface area (Å²) in [6.45, 7) is 2.29. The van der Waals surface area contributed by atoms with Crippen LogP contribution in [-0.2, 0) is 13.5 Å². The first-order chi connectivity index (χ1) is 11.5. The third-order valence-corrected chi connectivity index (χ3v) is 3.78. The molecule has 24 heavy (non-hydrogen) atoms. The summed E-state index contributed by atoms with van der Waals surface area (Å²) >= 11 is 0. The maximum absolute atomic E-state index is 12.1. The number of H-pyrrole nitrogens is 1. The number of aromatic nitrogens is 3. The van der Waals surface area contributed by atoms with E-state index in [9.17, 15) is 9.59 Å². The molecule has 0 atom stereocenters. The van der Waals surface area contributed by atoms with E-state index in [1.165, 1.54) is 4.57 Å². The molecule has 0 saturated heterocycles. The Morgan fingerprint density at radius 3 is 2.58 bits per heavy atom. The Hall–Kier alpha value is -3.09. The summed E-state index contributed by atoms with van der Waals surface area (Å²) in [5.41, 5.74) is 1.23. The normalized spacial score (nSPS) is 10.8. The van der Waals surface area contributed by atoms with Gasteiger partial charge in [0.2, 0.25) is 0 Å². The summed E-state index contributed by atoms with van der Waals surface area (Å²) in [7, 11) is 1.64. The SMILES string of the molecule is Cc1ccc(-c2ccc(C(=O)NCCc3n[nH]c(=O)n3C)cc2)o1. The highest BCUT2D eigenvalue weighted by Gasteiger charge is 2.09. The van der Waals surface area contributed by atoms with E-state index >= 15 is 0 Å². The summed E-state index contributed by atoms with van der Waals surface area (Å²) in [5.74, 6) is 2.06. The van der Waals surface area contributed by atoms with Crippen molar-refractivity contribution < 1.29 is 9.21 Å². The van der Waals surface area contributed by atoms with E-state index in [0.717, 1.165) is 17.1 Å². The van der Waals surface area contributed by atoms with Gasteiger partial charge in [0.05, 0.1) is 0 Å². The quantitative estimate of drug-likeness (QED) is 0.745. The molecular formula is C17H18N4O3. The van der Waals surface area contributed by atoms with Crippen molar-refractivity contribution in [1.29, 1.82) is 0 Å². The molecule has 0 fully saturated rings. The van der Waals surface area contributed by atoms with Crippen LogP contribution in [0.5, 0.6) is 0 Å². The first-order valence-corrected chi connectivity index (χ1v) is 7.60. The van der Waals surface area contributed by atoms with E-state index in [2.05, 4.69) is 15.5 Å². The van der Waals surface area contributed by atoms with Crippen molar-refractivity contribution in [3.63, 3.8) is 0 Å². The molecule has 0 aliphatic rings. The van der Waals surface area contributed by atoms with Crippen LogP contribution in [0.2, 0.25) is 0 Å². The van der Waals surface area contributed by atoms with Crippen LogP contribution < -0.4 is 11.0 Å². The van der Waals surface area contributed by atoms with Crippen LogP contribution in [-0.4, -0.2) is 27.2 Å². The van der Waals surface area contributed by atoms with Gasteiger partial charge in [0.1, 0.15) is 17.3 Å². The molecule has 0 aliphatic heterocycles. The maximum atomic E-state index is 12.1. The van der Waals surface area contributed by atoms with Gasteiger partial charge in [-0.3, -0.25) is 9.36 Å². The first kappa shape index (κ1) is 15.8. The lowest BCUT2D eigenvalue weighted by atomic mass is 10.1. The third-order valence-electron chi connectivity index (χ3n) is 3.78. The molecule has 3 aromatic rings. The molecule has 7 nitrogen and oxygen atoms in total. The van der Waals surface area contributed by atoms with E-state index in [1.807, 2.05) is 31.2 Å². The predicted molar refractivity (Wildman–Crippen MR) is 88.7 cm³/mol. The van der Waals surface area contributed by atoms with E-state index in [-0.39, 0.29) is 11.6 Å². The second-order valence-corrected chi connectivity index (χ2v) is 5.50. The van der Waals surface area contributed by atoms with Crippen molar-refractivity contribution in [2.45, 2.75) is 13.3 Å². The lowest BCUT2D eigenvalue weighted by molar-refractivity contribution is 0.0954. The molecule has 124 valence electrons. The number of aromatic amines is 1. The van der Waals surface area contributed by atoms with Crippen molar-refractivity contribution in [3.05, 3.63) is 64.0 Å². The average molecular weight is 326 g/mol. The molecule has 1 aromatic carbocycles. The minimum absolute atomic E-state index is 0.169. The second-order valence-electron chi connectivity index (χ2n) is 5.50. The number of rotatable bonds is 5. The molecule has 0 aliphatic carbocycles. The molecule has 2 N–H and O–H groups in total. The number of hydrogen-bond acceptors (Lipinski definition) is 4. The number of aryl methyl sites for hydroxylation is 1. The maximum Gasteiger partial charge on any atom is 0.343 e. The predicted octanol–water partition coefficient (Wildman–Crippen LogP) is 1.65. The van der Waals surface area contributed by atoms with E-state index in [0.29, 0.717) is 24.4 Å². The minimum Gasteiger partial charge on any atom is -0.461 e. The molecular weight excluding hydrogens is 308 g/mol. The van der Waals surface area contributed by atoms with E-state index < -0.39 is 0 Å². The van der Waals surface area contributed by atoms with Crippen LogP contribution in [0.1, 0.15) is 21.9 Å². The Morgan fingerprint density at radius 2 is 2.00 bits per heavy atom. The van der Waals surface area contributed by atoms with Crippen molar-refractivity contribution in [1.82, 2.24) is 20.1 Å². The molecule has 0 saturated carbocycles. The summed E-state index contributed by atoms with van der Waals surface area (Å²) in [6.07, 6.45) is 0.477. The molecule has 2 aromatic heterocycles. The molecule has 0 radical (unpaired) electrons. The molecule has 0 bridgehead atoms. The summed E-state index contributed by atoms with van der Waals surface area (Å²) in [6, 6.07) is 11.0. The number of hydrogen-bond donors (Lipinski definition) is 2. The number of carbonyl (C=O) groups excluding carboxylic acids is 1. The van der Waals surface area contributed by atoms with Gasteiger partial charge in [0.25, 0.3) is 5.91 Å². The van der Waals surface area contributed by atoms with E-state index in [1.54, 1.807) is 19.2 Å². The highest BCUT2D eigenvalue weighted by Crippen LogP contribution is 2.22. The highest BCUT2D eigenvalue weighted by atomic mass is 16.3. The van der Waals surface area contributed by atoms with Gasteiger partial charge >= 0.3 is 5.69 Å². The second kappa shape index (κ2) is 6.57. The monoisotopic (exact) mass is 326 g/mol. The average Bonchev–Trinajstić information content (AvgIpc) is 3.15. The largest absolute Gasteiger partial charge is 0.461 e. The Bertz CT molecular complexity index is 903. The molecule has 0 unspecified atom stereocenters. The first-order valence-electron chi connectivity index (χ1n) is 7.60. The molecule has 2 heterocycles. The van der Waals surface area contributed by atoms with Gasteiger partial charge in [-0.05, 0) is 31.2 Å². The minimum atomic E-state index is -0.264. The zero-order chi connectivity index (χ0) is 17.1. The van der Waals surface area contributed by atoms with Gasteiger partial charge in [0, 0.05) is 31.1 Å². The fourth-order valence-corrected chi connectivity index (χ4v) is 2.37. The standard InChI is InChI=1S/C17H18N4O3/c1-11-3-8-14(24-11)12-4-6-13(7-5-12)16(22)18-10-9-15-19-20-17(23)21(15)2/h3-8H,9-10H2,1-2H3,(H,18,22)(H,20,23). The topological polar surface area (TPSA) is 92.9 Å². The summed E-state index contributed by atoms with van der Waals surface area (Å²) < 4.78 is 6.98. The van der Waals surface area contributed by atoms with Gasteiger partial charge in [0.15, 0.2) is 0 Å². The summed E-state index contributed by atoms with van der Waals surface area (Å²) in [4.78, 5) is 23.4. The number of benzene rings is 1. The number of furan rings is 1. The van der Waals surface area contributed by atoms with Crippen LogP contribution in [0, 0.1) is 6.92 Å². The van der Waals surface area contributed by atoms with Crippen LogP contribution in [0.15, 0.2) is 45.6 Å². The lowest BCUT2D eigenvalue weighted by Gasteiger charge is -2.05. The number of carbonyl (C=O) groups is 1. The van der Waals surface area contributed by atoms with Crippen LogP contribution in [0.4, 0.5) is 0 Å². The highest BCUT2D eigenvalue weighted by molar-refractivity contribution is 5.94. The lowest BCUT2D eigenvalue weighted by Crippen LogP contribution is -2.26. The number of amides is 1. The zero-order valence-corrected chi connectivity index (χ0v) is 13.5. The Kier molecular flexibility index (Phi) is 4.33. The van der Waals surface area contributed by atoms with Crippen molar-refractivity contribution in [3.8, 4) is 11.3 Å². The molecule has 7 heteroatoms. The van der Waals surface area contributed by atoms with E-state index in [4.69, 9.17) is 4.42 Å². The van der Waals surface area contributed by atoms with Gasteiger partial charge in [-0.1, -0.05) is 12.1 Å². The van der Waals surface area contributed by atoms with Crippen LogP contribution >= 0.6 is 0 Å². The Labute approximate surface area is 138 Å². The third kappa shape index (κ3) is 3.29. The molecule has 0 spiro atoms. The van der Waals surface area contributed by atoms with Crippen LogP contribution in [0.3, 0.4) is 0 Å². The van der Waals surface area contributed by atoms with Gasteiger partial charge in [-0.15, -0.1) is 0 Å². The van der Waals surface area contributed by atoms with Gasteiger partial charge < -0.3 is 9.73 Å². The van der Waals surface area contributed by atoms with Gasteiger partial charge in [-0.2, -0.15) is 5.10 Å². The van der Waals surface area contributed by atoms with Crippen molar-refractivity contribution in [2.75, 3.05) is 6.54 Å². The molecule has 3 rings (SSSR count). The number of nitrogens with one attached hydrogen (secondary N) is 2. The number of nitrogens with zero attached hydrogens (tertiary/aromatic N) is 2. The van der Waals surface area contributed by atoms with Crippen LogP contribution in [0.25, 0.3) is 11.3 Å². The summed E-state index contributed by atoms with van der Waals surface area (Å²) in [5, 5.41) is 9.08. The smallest absolute Gasteiger partial charge is 0.343 e. The fraction of sp³-hybridized carbons (Fsp3) is 0.235. The Morgan fingerprint density at radius 1 is 1.25 bits per heavy atom. The van der Waals surface area contributed by atoms with Crippen molar-refractivity contribution >= 4 is 5.91 Å². The van der Waals surface area contributed by atoms with Gasteiger partial charge in [-0.25, -0.2) is 9.89 Å². The van der Waals surface area contributed by atoms with Crippen molar-refractivity contribution in [2.24, 2.45) is 7.05 Å². The zero-order valence-electron chi connectivity index (χ0n) is 13.5. The Balaban J connectivity index is 1.59. The molecule has 1 amide bonds.